The van der Waals surface area contributed by atoms with Gasteiger partial charge in [-0.1, -0.05) is 91.0 Å². The van der Waals surface area contributed by atoms with Crippen molar-refractivity contribution in [3.05, 3.63) is 132 Å². The molecule has 34 heavy (non-hydrogen) atoms. The Balaban J connectivity index is 1.89. The lowest BCUT2D eigenvalue weighted by Gasteiger charge is -2.21. The van der Waals surface area contributed by atoms with Gasteiger partial charge in [0.15, 0.2) is 18.5 Å². The number of halogens is 1. The lowest BCUT2D eigenvalue weighted by atomic mass is 9.98. The zero-order valence-corrected chi connectivity index (χ0v) is 19.6. The Hall–Kier alpha value is -3.75. The standard InChI is InChI=1S/C29H24FO3P/c1-33-24-19-17-23(18-20-24)28(31)21-27(22-11-5-2-6-12-22)29(30)34(32,25-13-7-3-8-14-25)26-15-9-4-10-16-26/h2-20H,21H2,1H3/b29-27+. The summed E-state index contributed by atoms with van der Waals surface area (Å²) >= 11 is 0. The van der Waals surface area contributed by atoms with E-state index in [1.165, 1.54) is 0 Å². The number of ketones is 1. The van der Waals surface area contributed by atoms with Crippen molar-refractivity contribution in [3.63, 3.8) is 0 Å². The molecule has 0 saturated carbocycles. The van der Waals surface area contributed by atoms with Crippen molar-refractivity contribution in [2.45, 2.75) is 6.42 Å². The van der Waals surface area contributed by atoms with Gasteiger partial charge in [0.25, 0.3) is 0 Å². The van der Waals surface area contributed by atoms with Crippen LogP contribution in [0.25, 0.3) is 5.57 Å². The first-order valence-electron chi connectivity index (χ1n) is 10.9. The summed E-state index contributed by atoms with van der Waals surface area (Å²) in [5.41, 5.74) is 0.292. The van der Waals surface area contributed by atoms with Crippen LogP contribution in [-0.4, -0.2) is 12.9 Å². The largest absolute Gasteiger partial charge is 0.497 e. The Bertz CT molecular complexity index is 1290. The van der Waals surface area contributed by atoms with Crippen molar-refractivity contribution in [2.75, 3.05) is 7.11 Å². The highest BCUT2D eigenvalue weighted by Crippen LogP contribution is 2.55. The fraction of sp³-hybridized carbons (Fsp3) is 0.0690. The molecule has 0 unspecified atom stereocenters. The third-order valence-electron chi connectivity index (χ3n) is 5.64. The minimum Gasteiger partial charge on any atom is -0.497 e. The first-order valence-corrected chi connectivity index (χ1v) is 12.6. The summed E-state index contributed by atoms with van der Waals surface area (Å²) in [4.78, 5) is 13.2. The van der Waals surface area contributed by atoms with Gasteiger partial charge >= 0.3 is 0 Å². The fourth-order valence-corrected chi connectivity index (χ4v) is 6.34. The Kier molecular flexibility index (Phi) is 7.20. The molecule has 0 aliphatic rings. The second-order valence-corrected chi connectivity index (χ2v) is 10.4. The molecule has 0 fully saturated rings. The van der Waals surface area contributed by atoms with Crippen molar-refractivity contribution >= 4 is 29.1 Å². The van der Waals surface area contributed by atoms with Crippen LogP contribution in [0.5, 0.6) is 5.75 Å². The molecular weight excluding hydrogens is 446 g/mol. The van der Waals surface area contributed by atoms with Gasteiger partial charge in [-0.3, -0.25) is 4.79 Å². The van der Waals surface area contributed by atoms with E-state index in [-0.39, 0.29) is 17.8 Å². The number of methoxy groups -OCH3 is 1. The van der Waals surface area contributed by atoms with E-state index in [4.69, 9.17) is 4.74 Å². The number of hydrogen-bond acceptors (Lipinski definition) is 3. The van der Waals surface area contributed by atoms with Gasteiger partial charge in [-0.25, -0.2) is 4.39 Å². The van der Waals surface area contributed by atoms with Crippen LogP contribution in [0.2, 0.25) is 0 Å². The molecule has 0 amide bonds. The summed E-state index contributed by atoms with van der Waals surface area (Å²) in [5.74, 6) is 0.351. The summed E-state index contributed by atoms with van der Waals surface area (Å²) in [6, 6.07) is 32.7. The number of benzene rings is 4. The number of allylic oxidation sites excluding steroid dienone is 1. The zero-order chi connectivity index (χ0) is 24.0. The molecule has 4 rings (SSSR count). The molecule has 4 aromatic carbocycles. The second-order valence-electron chi connectivity index (χ2n) is 7.74. The molecule has 0 N–H and O–H groups in total. The van der Waals surface area contributed by atoms with Crippen LogP contribution in [0.1, 0.15) is 22.3 Å². The maximum atomic E-state index is 16.6. The van der Waals surface area contributed by atoms with Gasteiger partial charge in [-0.15, -0.1) is 0 Å². The molecule has 170 valence electrons. The third kappa shape index (κ3) is 4.78. The van der Waals surface area contributed by atoms with Crippen LogP contribution in [0.4, 0.5) is 4.39 Å². The van der Waals surface area contributed by atoms with Crippen molar-refractivity contribution in [2.24, 2.45) is 0 Å². The summed E-state index contributed by atoms with van der Waals surface area (Å²) in [5, 5.41) is 0.757. The summed E-state index contributed by atoms with van der Waals surface area (Å²) in [6.07, 6.45) is -0.230. The Morgan fingerprint density at radius 2 is 1.18 bits per heavy atom. The topological polar surface area (TPSA) is 43.4 Å². The highest BCUT2D eigenvalue weighted by Gasteiger charge is 2.35. The van der Waals surface area contributed by atoms with Crippen LogP contribution in [0.15, 0.2) is 121 Å². The van der Waals surface area contributed by atoms with Gasteiger partial charge in [0, 0.05) is 28.2 Å². The van der Waals surface area contributed by atoms with E-state index in [1.807, 2.05) is 6.07 Å². The molecule has 0 bridgehead atoms. The Labute approximate surface area is 198 Å². The van der Waals surface area contributed by atoms with Gasteiger partial charge in [0.05, 0.1) is 7.11 Å². The summed E-state index contributed by atoms with van der Waals surface area (Å²) < 4.78 is 36.3. The van der Waals surface area contributed by atoms with E-state index >= 15 is 4.39 Å². The van der Waals surface area contributed by atoms with E-state index in [1.54, 1.807) is 116 Å². The Morgan fingerprint density at radius 1 is 0.706 bits per heavy atom. The molecule has 0 aromatic heterocycles. The minimum atomic E-state index is -3.86. The maximum absolute atomic E-state index is 16.6. The van der Waals surface area contributed by atoms with Crippen molar-refractivity contribution in [1.29, 1.82) is 0 Å². The molecule has 0 aliphatic carbocycles. The highest BCUT2D eigenvalue weighted by molar-refractivity contribution is 7.82. The Morgan fingerprint density at radius 3 is 1.65 bits per heavy atom. The number of rotatable bonds is 8. The minimum absolute atomic E-state index is 0.123. The zero-order valence-electron chi connectivity index (χ0n) is 18.7. The first-order chi connectivity index (χ1) is 16.5. The molecule has 0 aliphatic heterocycles. The van der Waals surface area contributed by atoms with Crippen molar-refractivity contribution < 1.29 is 18.5 Å². The maximum Gasteiger partial charge on any atom is 0.198 e. The lowest BCUT2D eigenvalue weighted by molar-refractivity contribution is 0.0998. The van der Waals surface area contributed by atoms with Gasteiger partial charge in [-0.2, -0.15) is 0 Å². The van der Waals surface area contributed by atoms with E-state index in [0.29, 0.717) is 27.5 Å². The molecule has 4 aromatic rings. The molecule has 5 heteroatoms. The van der Waals surface area contributed by atoms with Gasteiger partial charge in [0.2, 0.25) is 0 Å². The van der Waals surface area contributed by atoms with E-state index in [9.17, 15) is 9.36 Å². The van der Waals surface area contributed by atoms with Crippen LogP contribution in [0, 0.1) is 0 Å². The molecule has 3 nitrogen and oxygen atoms in total. The van der Waals surface area contributed by atoms with Crippen LogP contribution in [0.3, 0.4) is 0 Å². The summed E-state index contributed by atoms with van der Waals surface area (Å²) in [7, 11) is -2.31. The monoisotopic (exact) mass is 470 g/mol. The van der Waals surface area contributed by atoms with E-state index in [0.717, 1.165) is 0 Å². The fourth-order valence-electron chi connectivity index (χ4n) is 3.81. The number of ether oxygens (including phenoxy) is 1. The van der Waals surface area contributed by atoms with Gasteiger partial charge in [0.1, 0.15) is 5.75 Å². The number of Topliss-reactive ketones (excluding diaryl/α,β-unsaturated/α-hetero) is 1. The van der Waals surface area contributed by atoms with Gasteiger partial charge in [-0.05, 0) is 29.8 Å². The molecular formula is C29H24FO3P. The number of carbonyl (C=O) groups is 1. The first kappa shape index (κ1) is 23.4. The lowest BCUT2D eigenvalue weighted by Crippen LogP contribution is -2.17. The van der Waals surface area contributed by atoms with Crippen molar-refractivity contribution in [1.82, 2.24) is 0 Å². The normalized spacial score (nSPS) is 12.1. The van der Waals surface area contributed by atoms with Crippen LogP contribution >= 0.6 is 7.14 Å². The number of carbonyl (C=O) groups excluding carboxylic acids is 1. The quantitative estimate of drug-likeness (QED) is 0.215. The second kappa shape index (κ2) is 10.5. The molecule has 0 atom stereocenters. The third-order valence-corrected chi connectivity index (χ3v) is 8.51. The molecule has 0 spiro atoms. The smallest absolute Gasteiger partial charge is 0.198 e. The average molecular weight is 470 g/mol. The van der Waals surface area contributed by atoms with E-state index in [2.05, 4.69) is 0 Å². The SMILES string of the molecule is COc1ccc(C(=O)C/C(=C(/F)P(=O)(c2ccccc2)c2ccccc2)c2ccccc2)cc1. The molecule has 0 saturated heterocycles. The molecule has 0 radical (unpaired) electrons. The van der Waals surface area contributed by atoms with Crippen molar-refractivity contribution in [3.8, 4) is 5.75 Å². The van der Waals surface area contributed by atoms with Crippen LogP contribution < -0.4 is 15.3 Å². The average Bonchev–Trinajstić information content (AvgIpc) is 2.92. The predicted molar refractivity (Wildman–Crippen MR) is 136 cm³/mol. The number of hydrogen-bond donors (Lipinski definition) is 0. The molecule has 0 heterocycles. The van der Waals surface area contributed by atoms with E-state index < -0.39 is 12.7 Å². The highest BCUT2D eigenvalue weighted by atomic mass is 31.2. The van der Waals surface area contributed by atoms with Gasteiger partial charge < -0.3 is 9.30 Å². The predicted octanol–water partition coefficient (Wildman–Crippen LogP) is 6.62. The summed E-state index contributed by atoms with van der Waals surface area (Å²) in [6.45, 7) is 0. The van der Waals surface area contributed by atoms with Crippen LogP contribution in [-0.2, 0) is 4.57 Å².